The average Bonchev–Trinajstić information content (AvgIpc) is 2.99. The molecule has 5 nitrogen and oxygen atoms in total. The third kappa shape index (κ3) is 4.06. The Morgan fingerprint density at radius 3 is 2.86 bits per heavy atom. The summed E-state index contributed by atoms with van der Waals surface area (Å²) in [5.41, 5.74) is 7.72. The van der Waals surface area contributed by atoms with Crippen LogP contribution in [-0.2, 0) is 6.42 Å². The molecular weight excluding hydrogens is 286 g/mol. The molecule has 6 heteroatoms. The molecule has 2 rings (SSSR count). The molecule has 0 saturated carbocycles. The van der Waals surface area contributed by atoms with E-state index in [9.17, 15) is 4.79 Å². The highest BCUT2D eigenvalue weighted by atomic mass is 32.1. The van der Waals surface area contributed by atoms with Gasteiger partial charge in [0.15, 0.2) is 5.84 Å². The number of hydrogen-bond donors (Lipinski definition) is 3. The van der Waals surface area contributed by atoms with Crippen molar-refractivity contribution in [2.24, 2.45) is 10.9 Å². The molecule has 0 aliphatic heterocycles. The number of thiophene rings is 1. The molecule has 0 saturated heterocycles. The molecule has 0 spiro atoms. The standard InChI is InChI=1S/C15H17N3O2S/c1-10(7-11-5-6-21-9-11)17-15(19)13-4-2-3-12(8-13)14(16)18-20/h2-6,8-10,20H,7H2,1H3,(H2,16,18)(H,17,19). The van der Waals surface area contributed by atoms with E-state index in [1.165, 1.54) is 5.56 Å². The zero-order valence-electron chi connectivity index (χ0n) is 11.6. The Bertz CT molecular complexity index is 638. The van der Waals surface area contributed by atoms with Crippen molar-refractivity contribution in [3.05, 3.63) is 57.8 Å². The van der Waals surface area contributed by atoms with E-state index in [0.29, 0.717) is 11.1 Å². The molecule has 110 valence electrons. The second-order valence-electron chi connectivity index (χ2n) is 4.78. The van der Waals surface area contributed by atoms with Crippen LogP contribution in [0.5, 0.6) is 0 Å². The van der Waals surface area contributed by atoms with Gasteiger partial charge >= 0.3 is 0 Å². The summed E-state index contributed by atoms with van der Waals surface area (Å²) >= 11 is 1.64. The number of carbonyl (C=O) groups is 1. The Morgan fingerprint density at radius 2 is 2.19 bits per heavy atom. The van der Waals surface area contributed by atoms with Crippen molar-refractivity contribution in [1.82, 2.24) is 5.32 Å². The van der Waals surface area contributed by atoms with Crippen molar-refractivity contribution in [3.8, 4) is 0 Å². The van der Waals surface area contributed by atoms with Gasteiger partial charge in [0.05, 0.1) is 0 Å². The first-order chi connectivity index (χ1) is 10.1. The number of amidine groups is 1. The number of nitrogens with one attached hydrogen (secondary N) is 1. The van der Waals surface area contributed by atoms with E-state index >= 15 is 0 Å². The molecule has 0 radical (unpaired) electrons. The predicted molar refractivity (Wildman–Crippen MR) is 83.9 cm³/mol. The Balaban J connectivity index is 2.03. The Morgan fingerprint density at radius 1 is 1.43 bits per heavy atom. The SMILES string of the molecule is CC(Cc1ccsc1)NC(=O)c1cccc(C(N)=NO)c1. The van der Waals surface area contributed by atoms with Crippen molar-refractivity contribution in [1.29, 1.82) is 0 Å². The summed E-state index contributed by atoms with van der Waals surface area (Å²) in [6, 6.07) is 8.75. The van der Waals surface area contributed by atoms with Crippen LogP contribution in [0.15, 0.2) is 46.2 Å². The molecule has 1 aromatic heterocycles. The lowest BCUT2D eigenvalue weighted by Gasteiger charge is -2.13. The Labute approximate surface area is 127 Å². The molecular formula is C15H17N3O2S. The summed E-state index contributed by atoms with van der Waals surface area (Å²) in [5.74, 6) is -0.193. The van der Waals surface area contributed by atoms with E-state index in [0.717, 1.165) is 6.42 Å². The molecule has 0 bridgehead atoms. The van der Waals surface area contributed by atoms with Crippen LogP contribution >= 0.6 is 11.3 Å². The molecule has 1 atom stereocenters. The van der Waals surface area contributed by atoms with Crippen LogP contribution in [0.4, 0.5) is 0 Å². The second kappa shape index (κ2) is 6.90. The van der Waals surface area contributed by atoms with E-state index < -0.39 is 0 Å². The van der Waals surface area contributed by atoms with Gasteiger partial charge in [-0.15, -0.1) is 0 Å². The number of carbonyl (C=O) groups excluding carboxylic acids is 1. The van der Waals surface area contributed by atoms with Crippen LogP contribution in [0.1, 0.15) is 28.4 Å². The third-order valence-corrected chi connectivity index (χ3v) is 3.76. The number of nitrogens with zero attached hydrogens (tertiary/aromatic N) is 1. The van der Waals surface area contributed by atoms with Gasteiger partial charge in [0.1, 0.15) is 0 Å². The molecule has 1 unspecified atom stereocenters. The van der Waals surface area contributed by atoms with Gasteiger partial charge < -0.3 is 16.3 Å². The van der Waals surface area contributed by atoms with Gasteiger partial charge in [-0.25, -0.2) is 0 Å². The van der Waals surface area contributed by atoms with Gasteiger partial charge in [0.2, 0.25) is 0 Å². The second-order valence-corrected chi connectivity index (χ2v) is 5.56. The van der Waals surface area contributed by atoms with E-state index in [-0.39, 0.29) is 17.8 Å². The van der Waals surface area contributed by atoms with Gasteiger partial charge in [0, 0.05) is 17.2 Å². The van der Waals surface area contributed by atoms with Gasteiger partial charge in [-0.1, -0.05) is 17.3 Å². The van der Waals surface area contributed by atoms with Crippen molar-refractivity contribution in [2.75, 3.05) is 0 Å². The highest BCUT2D eigenvalue weighted by Crippen LogP contribution is 2.10. The molecule has 1 amide bonds. The molecule has 0 fully saturated rings. The lowest BCUT2D eigenvalue weighted by molar-refractivity contribution is 0.0940. The maximum absolute atomic E-state index is 12.2. The van der Waals surface area contributed by atoms with Crippen LogP contribution in [0.3, 0.4) is 0 Å². The summed E-state index contributed by atoms with van der Waals surface area (Å²) in [4.78, 5) is 12.2. The molecule has 21 heavy (non-hydrogen) atoms. The van der Waals surface area contributed by atoms with Gasteiger partial charge in [-0.3, -0.25) is 4.79 Å². The fraction of sp³-hybridized carbons (Fsp3) is 0.200. The topological polar surface area (TPSA) is 87.7 Å². The minimum Gasteiger partial charge on any atom is -0.409 e. The summed E-state index contributed by atoms with van der Waals surface area (Å²) in [6.07, 6.45) is 0.787. The van der Waals surface area contributed by atoms with Crippen molar-refractivity contribution < 1.29 is 10.0 Å². The normalized spacial score (nSPS) is 12.9. The average molecular weight is 303 g/mol. The molecule has 0 aliphatic carbocycles. The maximum atomic E-state index is 12.2. The predicted octanol–water partition coefficient (Wildman–Crippen LogP) is 2.20. The Kier molecular flexibility index (Phi) is 4.94. The maximum Gasteiger partial charge on any atom is 0.251 e. The molecule has 4 N–H and O–H groups in total. The fourth-order valence-electron chi connectivity index (χ4n) is 2.00. The van der Waals surface area contributed by atoms with Crippen LogP contribution in [0, 0.1) is 0 Å². The van der Waals surface area contributed by atoms with E-state index in [4.69, 9.17) is 10.9 Å². The van der Waals surface area contributed by atoms with E-state index in [2.05, 4.69) is 15.9 Å². The lowest BCUT2D eigenvalue weighted by Crippen LogP contribution is -2.34. The van der Waals surface area contributed by atoms with Gasteiger partial charge in [0.25, 0.3) is 5.91 Å². The zero-order valence-corrected chi connectivity index (χ0v) is 12.4. The van der Waals surface area contributed by atoms with Crippen LogP contribution < -0.4 is 11.1 Å². The molecule has 1 heterocycles. The fourth-order valence-corrected chi connectivity index (χ4v) is 2.68. The smallest absolute Gasteiger partial charge is 0.251 e. The summed E-state index contributed by atoms with van der Waals surface area (Å²) in [7, 11) is 0. The molecule has 1 aromatic carbocycles. The Hall–Kier alpha value is -2.34. The largest absolute Gasteiger partial charge is 0.409 e. The minimum absolute atomic E-state index is 0.0176. The summed E-state index contributed by atoms with van der Waals surface area (Å²) < 4.78 is 0. The number of rotatable bonds is 5. The van der Waals surface area contributed by atoms with E-state index in [1.807, 2.05) is 18.4 Å². The van der Waals surface area contributed by atoms with Crippen molar-refractivity contribution in [2.45, 2.75) is 19.4 Å². The third-order valence-electron chi connectivity index (χ3n) is 3.03. The highest BCUT2D eigenvalue weighted by molar-refractivity contribution is 7.07. The highest BCUT2D eigenvalue weighted by Gasteiger charge is 2.11. The van der Waals surface area contributed by atoms with Crippen LogP contribution in [-0.4, -0.2) is 23.0 Å². The first-order valence-corrected chi connectivity index (χ1v) is 7.44. The number of nitrogens with two attached hydrogens (primary N) is 1. The quantitative estimate of drug-likeness (QED) is 0.342. The zero-order chi connectivity index (χ0) is 15.2. The van der Waals surface area contributed by atoms with Crippen LogP contribution in [0.2, 0.25) is 0 Å². The monoisotopic (exact) mass is 303 g/mol. The summed E-state index contributed by atoms with van der Waals surface area (Å²) in [6.45, 7) is 1.96. The van der Waals surface area contributed by atoms with Crippen molar-refractivity contribution in [3.63, 3.8) is 0 Å². The number of oxime groups is 1. The first kappa shape index (κ1) is 15.1. The van der Waals surface area contributed by atoms with Gasteiger partial charge in [-0.05, 0) is 47.9 Å². The van der Waals surface area contributed by atoms with Crippen LogP contribution in [0.25, 0.3) is 0 Å². The number of hydrogen-bond acceptors (Lipinski definition) is 4. The lowest BCUT2D eigenvalue weighted by atomic mass is 10.1. The molecule has 2 aromatic rings. The van der Waals surface area contributed by atoms with E-state index in [1.54, 1.807) is 35.6 Å². The molecule has 0 aliphatic rings. The van der Waals surface area contributed by atoms with Gasteiger partial charge in [-0.2, -0.15) is 11.3 Å². The number of benzene rings is 1. The number of amides is 1. The summed E-state index contributed by atoms with van der Waals surface area (Å²) in [5, 5.41) is 18.6. The first-order valence-electron chi connectivity index (χ1n) is 6.50. The van der Waals surface area contributed by atoms with Crippen molar-refractivity contribution >= 4 is 23.1 Å². The minimum atomic E-state index is -0.176.